The number of benzene rings is 1. The van der Waals surface area contributed by atoms with Gasteiger partial charge in [0.2, 0.25) is 0 Å². The molecule has 1 aliphatic rings. The molecular weight excluding hydrogens is 557 g/mol. The minimum absolute atomic E-state index is 0.0416. The zero-order valence-electron chi connectivity index (χ0n) is 27.1. The second kappa shape index (κ2) is 14.1. The number of aliphatic hydroxyl groups excluding tert-OH is 1. The van der Waals surface area contributed by atoms with Crippen LogP contribution in [0, 0.1) is 5.92 Å². The zero-order valence-corrected chi connectivity index (χ0v) is 29.1. The summed E-state index contributed by atoms with van der Waals surface area (Å²) in [6, 6.07) is 9.93. The normalized spacial score (nSPS) is 21.7. The summed E-state index contributed by atoms with van der Waals surface area (Å²) >= 11 is 0. The van der Waals surface area contributed by atoms with Crippen LogP contribution in [0.3, 0.4) is 0 Å². The van der Waals surface area contributed by atoms with Crippen molar-refractivity contribution in [2.24, 2.45) is 5.92 Å². The van der Waals surface area contributed by atoms with Crippen molar-refractivity contribution in [3.05, 3.63) is 36.9 Å². The molecule has 1 aromatic carbocycles. The molecule has 1 aromatic rings. The maximum Gasteiger partial charge on any atom is 0.509 e. The first-order valence-electron chi connectivity index (χ1n) is 14.8. The van der Waals surface area contributed by atoms with Crippen LogP contribution in [0.1, 0.15) is 55.4 Å². The molecule has 0 bridgehead atoms. The number of hydrogen-bond acceptors (Lipinski definition) is 8. The molecule has 1 N–H and O–H groups in total. The molecule has 0 aromatic heterocycles. The molecule has 2 rings (SSSR count). The van der Waals surface area contributed by atoms with Crippen LogP contribution in [0.25, 0.3) is 0 Å². The predicted molar refractivity (Wildman–Crippen MR) is 168 cm³/mol. The van der Waals surface area contributed by atoms with E-state index in [4.69, 9.17) is 27.8 Å². The summed E-state index contributed by atoms with van der Waals surface area (Å²) < 4.78 is 36.9. The SMILES string of the molecule is C=C[C@@H](Oc1ccc(OC)cc1)[C@H](O)[C@@H](C)[C@@H](O[Si](CC)(CC)CC)[C@H](O[Si](C)(C)C(C)(C)C)[C@]1(C)COC(=O)O1. The lowest BCUT2D eigenvalue weighted by molar-refractivity contribution is -0.122. The Morgan fingerprint density at radius 1 is 1.07 bits per heavy atom. The van der Waals surface area contributed by atoms with E-state index >= 15 is 0 Å². The van der Waals surface area contributed by atoms with Gasteiger partial charge in [-0.15, -0.1) is 0 Å². The van der Waals surface area contributed by atoms with Gasteiger partial charge in [-0.3, -0.25) is 0 Å². The molecule has 0 spiro atoms. The Morgan fingerprint density at radius 2 is 1.61 bits per heavy atom. The topological polar surface area (TPSA) is 92.7 Å². The van der Waals surface area contributed by atoms with E-state index < -0.39 is 58.7 Å². The summed E-state index contributed by atoms with van der Waals surface area (Å²) in [6.45, 7) is 25.1. The summed E-state index contributed by atoms with van der Waals surface area (Å²) in [6.07, 6.45) is -2.12. The van der Waals surface area contributed by atoms with Crippen LogP contribution in [0.5, 0.6) is 11.5 Å². The van der Waals surface area contributed by atoms with Crippen LogP contribution >= 0.6 is 0 Å². The average molecular weight is 611 g/mol. The minimum Gasteiger partial charge on any atom is -0.497 e. The number of aliphatic hydroxyl groups is 1. The van der Waals surface area contributed by atoms with Crippen LogP contribution in [0.15, 0.2) is 36.9 Å². The van der Waals surface area contributed by atoms with Crippen molar-refractivity contribution in [2.45, 2.75) is 122 Å². The third kappa shape index (κ3) is 8.37. The van der Waals surface area contributed by atoms with Crippen molar-refractivity contribution >= 4 is 22.8 Å². The Hall–Kier alpha value is -1.86. The molecule has 6 atom stereocenters. The van der Waals surface area contributed by atoms with Crippen molar-refractivity contribution in [1.29, 1.82) is 0 Å². The van der Waals surface area contributed by atoms with E-state index in [0.29, 0.717) is 11.5 Å². The molecule has 0 aliphatic carbocycles. The van der Waals surface area contributed by atoms with Gasteiger partial charge in [0, 0.05) is 5.92 Å². The molecule has 0 unspecified atom stereocenters. The van der Waals surface area contributed by atoms with Gasteiger partial charge in [0.1, 0.15) is 30.3 Å². The summed E-state index contributed by atoms with van der Waals surface area (Å²) in [5.74, 6) is 0.818. The first-order chi connectivity index (χ1) is 19.0. The molecule has 1 saturated heterocycles. The number of carbonyl (C=O) groups is 1. The molecule has 0 amide bonds. The van der Waals surface area contributed by atoms with Gasteiger partial charge < -0.3 is 32.9 Å². The van der Waals surface area contributed by atoms with Crippen LogP contribution in [0.4, 0.5) is 4.79 Å². The lowest BCUT2D eigenvalue weighted by Crippen LogP contribution is -2.62. The predicted octanol–water partition coefficient (Wildman–Crippen LogP) is 7.33. The molecule has 0 radical (unpaired) electrons. The first-order valence-corrected chi connectivity index (χ1v) is 20.3. The standard InChI is InChI=1S/C31H54O8Si2/c1-13-25(36-24-19-17-23(34-10)18-20-24)26(32)22(5)27(38-41(14-2,15-3)16-4)28(31(9)21-35-29(33)37-31)39-40(11,12)30(6,7)8/h13,17-20,22,25-28,32H,1,14-16,21H2,2-12H3/t22-,25-,26-,27-,28+,31+/m1/s1. The Kier molecular flexibility index (Phi) is 12.1. The molecule has 1 aliphatic heterocycles. The maximum absolute atomic E-state index is 12.3. The molecular formula is C31H54O8Si2. The highest BCUT2D eigenvalue weighted by Crippen LogP contribution is 2.43. The molecule has 0 saturated carbocycles. The highest BCUT2D eigenvalue weighted by atomic mass is 28.4. The van der Waals surface area contributed by atoms with E-state index in [1.165, 1.54) is 0 Å². The molecule has 10 heteroatoms. The smallest absolute Gasteiger partial charge is 0.497 e. The highest BCUT2D eigenvalue weighted by Gasteiger charge is 2.56. The number of methoxy groups -OCH3 is 1. The van der Waals surface area contributed by atoms with Gasteiger partial charge >= 0.3 is 6.16 Å². The molecule has 41 heavy (non-hydrogen) atoms. The Labute approximate surface area is 250 Å². The summed E-state index contributed by atoms with van der Waals surface area (Å²) in [5, 5.41) is 11.7. The van der Waals surface area contributed by atoms with Crippen LogP contribution in [-0.2, 0) is 18.3 Å². The van der Waals surface area contributed by atoms with Crippen LogP contribution in [-0.4, -0.2) is 71.6 Å². The fraction of sp³-hybridized carbons (Fsp3) is 0.710. The lowest BCUT2D eigenvalue weighted by atomic mass is 9.84. The van der Waals surface area contributed by atoms with Crippen molar-refractivity contribution in [1.82, 2.24) is 0 Å². The van der Waals surface area contributed by atoms with Crippen molar-refractivity contribution in [2.75, 3.05) is 13.7 Å². The second-order valence-corrected chi connectivity index (χ2v) is 22.4. The minimum atomic E-state index is -2.42. The second-order valence-electron chi connectivity index (χ2n) is 12.9. The van der Waals surface area contributed by atoms with Crippen LogP contribution < -0.4 is 9.47 Å². The molecule has 1 fully saturated rings. The van der Waals surface area contributed by atoms with Gasteiger partial charge in [-0.1, -0.05) is 55.0 Å². The van der Waals surface area contributed by atoms with Crippen molar-refractivity contribution in [3.8, 4) is 11.5 Å². The van der Waals surface area contributed by atoms with Gasteiger partial charge in [0.15, 0.2) is 22.2 Å². The van der Waals surface area contributed by atoms with Crippen molar-refractivity contribution in [3.63, 3.8) is 0 Å². The van der Waals surface area contributed by atoms with Gasteiger partial charge in [-0.25, -0.2) is 4.79 Å². The Morgan fingerprint density at radius 3 is 2.02 bits per heavy atom. The van der Waals surface area contributed by atoms with E-state index in [-0.39, 0.29) is 11.6 Å². The summed E-state index contributed by atoms with van der Waals surface area (Å²) in [7, 11) is -3.05. The first kappa shape index (κ1) is 35.3. The quantitative estimate of drug-likeness (QED) is 0.118. The third-order valence-electron chi connectivity index (χ3n) is 9.20. The van der Waals surface area contributed by atoms with E-state index in [0.717, 1.165) is 18.1 Å². The highest BCUT2D eigenvalue weighted by molar-refractivity contribution is 6.74. The number of rotatable bonds is 16. The number of ether oxygens (including phenoxy) is 4. The Balaban J connectivity index is 2.59. The largest absolute Gasteiger partial charge is 0.509 e. The van der Waals surface area contributed by atoms with E-state index in [2.05, 4.69) is 61.2 Å². The number of hydrogen-bond donors (Lipinski definition) is 1. The average Bonchev–Trinajstić information content (AvgIpc) is 3.29. The molecule has 1 heterocycles. The summed E-state index contributed by atoms with van der Waals surface area (Å²) in [4.78, 5) is 12.3. The monoisotopic (exact) mass is 610 g/mol. The summed E-state index contributed by atoms with van der Waals surface area (Å²) in [5.41, 5.74) is -1.10. The third-order valence-corrected chi connectivity index (χ3v) is 18.3. The number of carbonyl (C=O) groups excluding carboxylic acids is 1. The Bertz CT molecular complexity index is 981. The fourth-order valence-electron chi connectivity index (χ4n) is 4.92. The molecule has 234 valence electrons. The maximum atomic E-state index is 12.3. The van der Waals surface area contributed by atoms with Gasteiger partial charge in [0.25, 0.3) is 0 Å². The fourth-order valence-corrected chi connectivity index (χ4v) is 9.21. The molecule has 8 nitrogen and oxygen atoms in total. The van der Waals surface area contributed by atoms with Gasteiger partial charge in [-0.2, -0.15) is 0 Å². The van der Waals surface area contributed by atoms with E-state index in [1.807, 2.05) is 13.8 Å². The van der Waals surface area contributed by atoms with E-state index in [9.17, 15) is 9.90 Å². The zero-order chi connectivity index (χ0) is 31.2. The van der Waals surface area contributed by atoms with Gasteiger partial charge in [-0.05, 0) is 73.5 Å². The van der Waals surface area contributed by atoms with Gasteiger partial charge in [0.05, 0.1) is 19.3 Å². The lowest BCUT2D eigenvalue weighted by Gasteiger charge is -2.49. The van der Waals surface area contributed by atoms with Crippen LogP contribution in [0.2, 0.25) is 36.3 Å². The number of cyclic esters (lactones) is 2. The van der Waals surface area contributed by atoms with Crippen molar-refractivity contribution < 1.29 is 37.7 Å². The van der Waals surface area contributed by atoms with E-state index in [1.54, 1.807) is 37.5 Å².